The van der Waals surface area contributed by atoms with Crippen LogP contribution in [0.5, 0.6) is 0 Å². The maximum Gasteiger partial charge on any atom is 0.255 e. The van der Waals surface area contributed by atoms with E-state index in [9.17, 15) is 4.79 Å². The predicted molar refractivity (Wildman–Crippen MR) is 112 cm³/mol. The quantitative estimate of drug-likeness (QED) is 0.478. The first-order valence-electron chi connectivity index (χ1n) is 8.46. The van der Waals surface area contributed by atoms with Crippen LogP contribution in [0.1, 0.15) is 10.4 Å². The minimum absolute atomic E-state index is 0.198. The van der Waals surface area contributed by atoms with Gasteiger partial charge in [-0.15, -0.1) is 11.3 Å². The number of amides is 1. The van der Waals surface area contributed by atoms with E-state index in [1.54, 1.807) is 29.8 Å². The molecule has 1 amide bonds. The largest absolute Gasteiger partial charge is 0.397 e. The van der Waals surface area contributed by atoms with Crippen LogP contribution in [0, 0.1) is 0 Å². The zero-order valence-electron chi connectivity index (χ0n) is 14.4. The monoisotopic (exact) mass is 371 g/mol. The van der Waals surface area contributed by atoms with Gasteiger partial charge in [0.2, 0.25) is 0 Å². The first-order valence-corrected chi connectivity index (χ1v) is 9.34. The zero-order chi connectivity index (χ0) is 18.6. The molecular weight excluding hydrogens is 354 g/mol. The van der Waals surface area contributed by atoms with Crippen molar-refractivity contribution in [1.29, 1.82) is 0 Å². The molecule has 3 N–H and O–H groups in total. The number of carbonyl (C=O) groups excluding carboxylic acids is 1. The number of pyridine rings is 1. The molecule has 4 aromatic rings. The number of hydrogen-bond acceptors (Lipinski definition) is 4. The minimum Gasteiger partial charge on any atom is -0.397 e. The van der Waals surface area contributed by atoms with Gasteiger partial charge in [-0.05, 0) is 52.9 Å². The van der Waals surface area contributed by atoms with Crippen molar-refractivity contribution in [3.63, 3.8) is 0 Å². The van der Waals surface area contributed by atoms with E-state index >= 15 is 0 Å². The third-order valence-electron chi connectivity index (χ3n) is 4.23. The average molecular weight is 371 g/mol. The lowest BCUT2D eigenvalue weighted by Crippen LogP contribution is -2.13. The summed E-state index contributed by atoms with van der Waals surface area (Å²) in [4.78, 5) is 18.0. The summed E-state index contributed by atoms with van der Waals surface area (Å²) in [5.41, 5.74) is 10.7. The summed E-state index contributed by atoms with van der Waals surface area (Å²) in [6.07, 6.45) is 3.50. The zero-order valence-corrected chi connectivity index (χ0v) is 15.2. The molecule has 2 aromatic carbocycles. The molecule has 4 rings (SSSR count). The number of aromatic nitrogens is 1. The molecule has 0 bridgehead atoms. The number of nitrogens with one attached hydrogen (secondary N) is 1. The van der Waals surface area contributed by atoms with Crippen LogP contribution in [0.3, 0.4) is 0 Å². The molecule has 27 heavy (non-hydrogen) atoms. The van der Waals surface area contributed by atoms with Crippen molar-refractivity contribution >= 4 is 28.6 Å². The van der Waals surface area contributed by atoms with Gasteiger partial charge in [0.1, 0.15) is 0 Å². The molecule has 2 aromatic heterocycles. The molecule has 0 saturated carbocycles. The Morgan fingerprint density at radius 1 is 0.926 bits per heavy atom. The van der Waals surface area contributed by atoms with Crippen LogP contribution < -0.4 is 11.1 Å². The first kappa shape index (κ1) is 17.0. The molecule has 0 spiro atoms. The fourth-order valence-electron chi connectivity index (χ4n) is 2.83. The predicted octanol–water partition coefficient (Wildman–Crippen LogP) is 5.31. The number of nitrogen functional groups attached to an aromatic ring is 1. The normalized spacial score (nSPS) is 10.5. The van der Waals surface area contributed by atoms with E-state index in [2.05, 4.69) is 10.3 Å². The van der Waals surface area contributed by atoms with Crippen molar-refractivity contribution in [2.45, 2.75) is 0 Å². The second kappa shape index (κ2) is 7.43. The smallest absolute Gasteiger partial charge is 0.255 e. The summed E-state index contributed by atoms with van der Waals surface area (Å²) in [5, 5.41) is 4.95. The number of rotatable bonds is 4. The van der Waals surface area contributed by atoms with Crippen LogP contribution in [-0.4, -0.2) is 10.9 Å². The molecule has 0 atom stereocenters. The lowest BCUT2D eigenvalue weighted by Gasteiger charge is -2.11. The molecule has 5 heteroatoms. The molecule has 0 saturated heterocycles. The van der Waals surface area contributed by atoms with Crippen molar-refractivity contribution in [1.82, 2.24) is 4.98 Å². The van der Waals surface area contributed by atoms with E-state index < -0.39 is 0 Å². The molecule has 0 radical (unpaired) electrons. The van der Waals surface area contributed by atoms with Gasteiger partial charge < -0.3 is 11.1 Å². The summed E-state index contributed by atoms with van der Waals surface area (Å²) in [6.45, 7) is 0. The van der Waals surface area contributed by atoms with Crippen LogP contribution in [-0.2, 0) is 0 Å². The molecule has 0 fully saturated rings. The molecule has 0 aliphatic heterocycles. The van der Waals surface area contributed by atoms with Gasteiger partial charge in [0, 0.05) is 28.4 Å². The lowest BCUT2D eigenvalue weighted by molar-refractivity contribution is 0.102. The Kier molecular flexibility index (Phi) is 4.68. The topological polar surface area (TPSA) is 68.0 Å². The fourth-order valence-corrected chi connectivity index (χ4v) is 3.55. The second-order valence-corrected chi connectivity index (χ2v) is 7.00. The van der Waals surface area contributed by atoms with E-state index in [0.717, 1.165) is 21.6 Å². The Balaban J connectivity index is 1.61. The van der Waals surface area contributed by atoms with E-state index in [4.69, 9.17) is 5.73 Å². The summed E-state index contributed by atoms with van der Waals surface area (Å²) in [5.74, 6) is -0.198. The van der Waals surface area contributed by atoms with Crippen molar-refractivity contribution in [3.8, 4) is 21.6 Å². The first-order chi connectivity index (χ1) is 13.2. The van der Waals surface area contributed by atoms with Gasteiger partial charge in [-0.2, -0.15) is 0 Å². The maximum atomic E-state index is 12.8. The highest BCUT2D eigenvalue weighted by Gasteiger charge is 2.11. The Hall–Kier alpha value is -3.44. The van der Waals surface area contributed by atoms with Gasteiger partial charge in [0.15, 0.2) is 0 Å². The fraction of sp³-hybridized carbons (Fsp3) is 0. The third-order valence-corrected chi connectivity index (χ3v) is 5.15. The van der Waals surface area contributed by atoms with Crippen LogP contribution in [0.2, 0.25) is 0 Å². The van der Waals surface area contributed by atoms with Gasteiger partial charge in [0.05, 0.1) is 11.4 Å². The average Bonchev–Trinajstić information content (AvgIpc) is 3.25. The molecule has 132 valence electrons. The Bertz CT molecular complexity index is 1080. The number of benzene rings is 2. The van der Waals surface area contributed by atoms with Gasteiger partial charge in [-0.25, -0.2) is 0 Å². The highest BCUT2D eigenvalue weighted by atomic mass is 32.1. The van der Waals surface area contributed by atoms with Crippen molar-refractivity contribution < 1.29 is 4.79 Å². The minimum atomic E-state index is -0.198. The van der Waals surface area contributed by atoms with Crippen LogP contribution in [0.25, 0.3) is 21.6 Å². The van der Waals surface area contributed by atoms with Crippen molar-refractivity contribution in [3.05, 3.63) is 90.1 Å². The number of nitrogens with zero attached hydrogens (tertiary/aromatic N) is 1. The summed E-state index contributed by atoms with van der Waals surface area (Å²) >= 11 is 1.65. The van der Waals surface area contributed by atoms with Gasteiger partial charge in [-0.1, -0.05) is 30.3 Å². The van der Waals surface area contributed by atoms with E-state index in [-0.39, 0.29) is 5.91 Å². The Labute approximate surface area is 161 Å². The Morgan fingerprint density at radius 3 is 2.59 bits per heavy atom. The SMILES string of the molecule is Nc1ccc(-c2cccs2)cc1NC(=O)c1cccc(-c2cccnc2)c1. The van der Waals surface area contributed by atoms with Crippen LogP contribution >= 0.6 is 11.3 Å². The van der Waals surface area contributed by atoms with E-state index in [0.29, 0.717) is 16.9 Å². The lowest BCUT2D eigenvalue weighted by atomic mass is 10.0. The highest BCUT2D eigenvalue weighted by molar-refractivity contribution is 7.13. The van der Waals surface area contributed by atoms with Crippen molar-refractivity contribution in [2.75, 3.05) is 11.1 Å². The second-order valence-electron chi connectivity index (χ2n) is 6.06. The summed E-state index contributed by atoms with van der Waals surface area (Å²) in [6, 6.07) is 21.0. The molecule has 0 aliphatic carbocycles. The van der Waals surface area contributed by atoms with E-state index in [1.165, 1.54) is 0 Å². The van der Waals surface area contributed by atoms with Crippen LogP contribution in [0.4, 0.5) is 11.4 Å². The third kappa shape index (κ3) is 3.73. The number of nitrogens with two attached hydrogens (primary N) is 1. The number of anilines is 2. The summed E-state index contributed by atoms with van der Waals surface area (Å²) < 4.78 is 0. The van der Waals surface area contributed by atoms with Gasteiger partial charge in [0.25, 0.3) is 5.91 Å². The van der Waals surface area contributed by atoms with Gasteiger partial charge >= 0.3 is 0 Å². The number of hydrogen-bond donors (Lipinski definition) is 2. The number of carbonyl (C=O) groups is 1. The number of thiophene rings is 1. The standard InChI is InChI=1S/C22H17N3OS/c23-19-9-8-16(21-7-3-11-27-21)13-20(19)25-22(26)17-5-1-4-15(12-17)18-6-2-10-24-14-18/h1-14H,23H2,(H,25,26). The summed E-state index contributed by atoms with van der Waals surface area (Å²) in [7, 11) is 0. The molecule has 4 nitrogen and oxygen atoms in total. The van der Waals surface area contributed by atoms with Crippen LogP contribution in [0.15, 0.2) is 84.5 Å². The Morgan fingerprint density at radius 2 is 1.81 bits per heavy atom. The highest BCUT2D eigenvalue weighted by Crippen LogP contribution is 2.30. The maximum absolute atomic E-state index is 12.8. The van der Waals surface area contributed by atoms with E-state index in [1.807, 2.05) is 66.0 Å². The van der Waals surface area contributed by atoms with Crippen molar-refractivity contribution in [2.24, 2.45) is 0 Å². The molecule has 0 aliphatic rings. The molecule has 0 unspecified atom stereocenters. The van der Waals surface area contributed by atoms with Gasteiger partial charge in [-0.3, -0.25) is 9.78 Å². The molecule has 2 heterocycles. The molecular formula is C22H17N3OS.